The highest BCUT2D eigenvalue weighted by atomic mass is 35.5. The van der Waals surface area contributed by atoms with E-state index in [0.717, 1.165) is 25.9 Å². The van der Waals surface area contributed by atoms with Gasteiger partial charge in [-0.05, 0) is 50.0 Å². The average Bonchev–Trinajstić information content (AvgIpc) is 3.12. The lowest BCUT2D eigenvalue weighted by Gasteiger charge is -2.24. The molecule has 4 rings (SSSR count). The van der Waals surface area contributed by atoms with Crippen molar-refractivity contribution < 1.29 is 4.39 Å². The molecule has 1 unspecified atom stereocenters. The number of nitrogens with one attached hydrogen (secondary N) is 2. The zero-order valence-electron chi connectivity index (χ0n) is 18.7. The van der Waals surface area contributed by atoms with E-state index in [1.165, 1.54) is 6.07 Å². The van der Waals surface area contributed by atoms with Gasteiger partial charge >= 0.3 is 0 Å². The molecule has 2 aromatic carbocycles. The number of benzene rings is 2. The Morgan fingerprint density at radius 2 is 2.03 bits per heavy atom. The Kier molecular flexibility index (Phi) is 7.88. The Morgan fingerprint density at radius 3 is 2.74 bits per heavy atom. The maximum Gasteiger partial charge on any atom is 0.145 e. The van der Waals surface area contributed by atoms with Crippen LogP contribution in [0.25, 0.3) is 11.4 Å². The smallest absolute Gasteiger partial charge is 0.145 e. The first-order valence-electron chi connectivity index (χ1n) is 11.2. The minimum absolute atomic E-state index is 0.266. The Labute approximate surface area is 208 Å². The summed E-state index contributed by atoms with van der Waals surface area (Å²) >= 11 is 13.0. The fraction of sp³-hybridized carbons (Fsp3) is 0.280. The molecule has 0 amide bonds. The topological polar surface area (TPSA) is 80.3 Å². The number of hydrogen-bond acceptors (Lipinski definition) is 5. The lowest BCUT2D eigenvalue weighted by atomic mass is 9.99. The summed E-state index contributed by atoms with van der Waals surface area (Å²) in [6, 6.07) is 11.9. The molecule has 1 aromatic heterocycles. The average molecular weight is 501 g/mol. The number of nitrogens with zero attached hydrogens (tertiary/aromatic N) is 3. The van der Waals surface area contributed by atoms with Crippen LogP contribution >= 0.6 is 23.2 Å². The molecule has 1 atom stereocenters. The summed E-state index contributed by atoms with van der Waals surface area (Å²) in [4.78, 5) is 9.09. The summed E-state index contributed by atoms with van der Waals surface area (Å²) in [6.07, 6.45) is 3.76. The van der Waals surface area contributed by atoms with Crippen molar-refractivity contribution in [2.24, 2.45) is 10.9 Å². The highest BCUT2D eigenvalue weighted by Gasteiger charge is 2.23. The fourth-order valence-electron chi connectivity index (χ4n) is 4.03. The molecule has 0 spiro atoms. The lowest BCUT2D eigenvalue weighted by Crippen LogP contribution is -2.32. The lowest BCUT2D eigenvalue weighted by molar-refractivity contribution is 0.340. The van der Waals surface area contributed by atoms with Gasteiger partial charge in [0, 0.05) is 18.7 Å². The van der Waals surface area contributed by atoms with E-state index in [1.54, 1.807) is 42.6 Å². The Morgan fingerprint density at radius 1 is 1.26 bits per heavy atom. The van der Waals surface area contributed by atoms with Gasteiger partial charge in [0.1, 0.15) is 29.0 Å². The molecule has 1 saturated heterocycles. The minimum atomic E-state index is -0.284. The zero-order valence-corrected chi connectivity index (χ0v) is 20.2. The Balaban J connectivity index is 1.59. The highest BCUT2D eigenvalue weighted by molar-refractivity contribution is 6.39. The van der Waals surface area contributed by atoms with Crippen molar-refractivity contribution in [2.75, 3.05) is 18.8 Å². The van der Waals surface area contributed by atoms with Gasteiger partial charge in [0.15, 0.2) is 0 Å². The third-order valence-corrected chi connectivity index (χ3v) is 6.47. The number of halogens is 3. The maximum atomic E-state index is 13.8. The number of rotatable bonds is 8. The summed E-state index contributed by atoms with van der Waals surface area (Å²) in [5.41, 5.74) is 8.19. The van der Waals surface area contributed by atoms with E-state index in [1.807, 2.05) is 4.57 Å². The van der Waals surface area contributed by atoms with Crippen molar-refractivity contribution >= 4 is 35.2 Å². The molecule has 178 valence electrons. The van der Waals surface area contributed by atoms with E-state index in [-0.39, 0.29) is 12.4 Å². The first kappa shape index (κ1) is 24.3. The van der Waals surface area contributed by atoms with Crippen molar-refractivity contribution in [3.05, 3.63) is 82.0 Å². The summed E-state index contributed by atoms with van der Waals surface area (Å²) in [6.45, 7) is 6.78. The van der Waals surface area contributed by atoms with Crippen LogP contribution in [0.3, 0.4) is 0 Å². The predicted octanol–water partition coefficient (Wildman–Crippen LogP) is 5.26. The van der Waals surface area contributed by atoms with Crippen molar-refractivity contribution in [2.45, 2.75) is 25.9 Å². The summed E-state index contributed by atoms with van der Waals surface area (Å²) in [5.74, 6) is 1.57. The number of hydrogen-bond donors (Lipinski definition) is 3. The van der Waals surface area contributed by atoms with Gasteiger partial charge in [-0.2, -0.15) is 0 Å². The van der Waals surface area contributed by atoms with Crippen molar-refractivity contribution in [1.82, 2.24) is 20.2 Å². The van der Waals surface area contributed by atoms with Crippen LogP contribution in [0.5, 0.6) is 0 Å². The third-order valence-electron chi connectivity index (χ3n) is 5.84. The van der Waals surface area contributed by atoms with Gasteiger partial charge in [-0.15, -0.1) is 0 Å². The molecule has 0 saturated carbocycles. The van der Waals surface area contributed by atoms with Crippen LogP contribution in [-0.2, 0) is 13.1 Å². The summed E-state index contributed by atoms with van der Waals surface area (Å²) in [7, 11) is 0. The van der Waals surface area contributed by atoms with E-state index in [4.69, 9.17) is 33.9 Å². The van der Waals surface area contributed by atoms with Gasteiger partial charge < -0.3 is 20.9 Å². The molecule has 1 aliphatic heterocycles. The second-order valence-electron chi connectivity index (χ2n) is 8.28. The molecule has 0 bridgehead atoms. The molecule has 6 nitrogen and oxygen atoms in total. The number of piperidine rings is 1. The normalized spacial score (nSPS) is 16.1. The van der Waals surface area contributed by atoms with Crippen LogP contribution in [0, 0.1) is 11.7 Å². The van der Waals surface area contributed by atoms with E-state index in [0.29, 0.717) is 56.8 Å². The largest absolute Gasteiger partial charge is 0.383 e. The molecular formula is C25H27Cl2FN6. The van der Waals surface area contributed by atoms with Crippen LogP contribution in [0.15, 0.2) is 59.9 Å². The molecule has 1 aliphatic rings. The molecule has 0 aliphatic carbocycles. The van der Waals surface area contributed by atoms with E-state index < -0.39 is 0 Å². The Hall–Kier alpha value is -2.87. The molecule has 34 heavy (non-hydrogen) atoms. The van der Waals surface area contributed by atoms with Gasteiger partial charge in [0.25, 0.3) is 0 Å². The molecule has 3 aromatic rings. The van der Waals surface area contributed by atoms with Crippen molar-refractivity contribution in [1.29, 1.82) is 0 Å². The number of nitrogens with two attached hydrogens (primary N) is 1. The van der Waals surface area contributed by atoms with Crippen LogP contribution in [0.4, 0.5) is 10.2 Å². The van der Waals surface area contributed by atoms with Gasteiger partial charge in [0.2, 0.25) is 0 Å². The number of aliphatic imine (C=N–C) groups is 1. The first-order valence-corrected chi connectivity index (χ1v) is 11.9. The summed E-state index contributed by atoms with van der Waals surface area (Å²) in [5, 5.41) is 7.44. The van der Waals surface area contributed by atoms with Crippen molar-refractivity contribution in [3.8, 4) is 11.4 Å². The third kappa shape index (κ3) is 5.60. The monoisotopic (exact) mass is 500 g/mol. The summed E-state index contributed by atoms with van der Waals surface area (Å²) < 4.78 is 15.8. The maximum absolute atomic E-state index is 13.8. The number of aromatic nitrogens is 2. The minimum Gasteiger partial charge on any atom is -0.383 e. The quantitative estimate of drug-likeness (QED) is 0.368. The van der Waals surface area contributed by atoms with Crippen LogP contribution < -0.4 is 16.4 Å². The predicted molar refractivity (Wildman–Crippen MR) is 138 cm³/mol. The van der Waals surface area contributed by atoms with E-state index in [2.05, 4.69) is 22.2 Å². The van der Waals surface area contributed by atoms with Gasteiger partial charge in [-0.1, -0.05) is 54.0 Å². The van der Waals surface area contributed by atoms with Crippen molar-refractivity contribution in [3.63, 3.8) is 0 Å². The molecular weight excluding hydrogens is 474 g/mol. The number of anilines is 1. The fourth-order valence-corrected chi connectivity index (χ4v) is 4.59. The van der Waals surface area contributed by atoms with Crippen LogP contribution in [0.1, 0.15) is 24.1 Å². The van der Waals surface area contributed by atoms with Gasteiger partial charge in [0.05, 0.1) is 21.8 Å². The molecule has 0 radical (unpaired) electrons. The SMILES string of the molecule is C=C(/N=C\c1nc(-c2c(Cl)cccc2Cl)n(CC2CCCNC2)c1N)NCc1ccccc1F. The molecule has 2 heterocycles. The van der Waals surface area contributed by atoms with E-state index in [9.17, 15) is 4.39 Å². The second kappa shape index (κ2) is 11.0. The first-order chi connectivity index (χ1) is 16.4. The molecule has 4 N–H and O–H groups in total. The molecule has 1 fully saturated rings. The standard InChI is InChI=1S/C25H27Cl2FN6/c1-16(31-13-18-7-2-3-10-21(18)28)32-14-22-24(29)34(15-17-6-5-11-30-12-17)25(33-22)23-19(26)8-4-9-20(23)27/h2-4,7-10,14,17,30-31H,1,5-6,11-13,15,29H2/b32-14-. The number of imidazole rings is 1. The van der Waals surface area contributed by atoms with Gasteiger partial charge in [-0.25, -0.2) is 14.4 Å². The Bertz CT molecular complexity index is 1180. The molecule has 9 heteroatoms. The zero-order chi connectivity index (χ0) is 24.1. The highest BCUT2D eigenvalue weighted by Crippen LogP contribution is 2.36. The van der Waals surface area contributed by atoms with E-state index >= 15 is 0 Å². The van der Waals surface area contributed by atoms with Crippen LogP contribution in [0.2, 0.25) is 10.0 Å². The number of nitrogen functional groups attached to an aromatic ring is 1. The van der Waals surface area contributed by atoms with Crippen LogP contribution in [-0.4, -0.2) is 28.9 Å². The second-order valence-corrected chi connectivity index (χ2v) is 9.09. The van der Waals surface area contributed by atoms with Gasteiger partial charge in [-0.3, -0.25) is 0 Å².